The van der Waals surface area contributed by atoms with Gasteiger partial charge in [0.1, 0.15) is 0 Å². The molecule has 0 radical (unpaired) electrons. The standard InChI is InChI=1S/C16H26N2/c1-4-18(5-2)12-14-6-8-15(9-7-14)16(10-11-16)13(3)17/h6-9,13H,4-5,10-12,17H2,1-3H3. The number of hydrogen-bond donors (Lipinski definition) is 1. The van der Waals surface area contributed by atoms with Crippen LogP contribution in [0.3, 0.4) is 0 Å². The third kappa shape index (κ3) is 2.60. The van der Waals surface area contributed by atoms with E-state index in [9.17, 15) is 0 Å². The molecule has 0 amide bonds. The van der Waals surface area contributed by atoms with Crippen molar-refractivity contribution in [2.75, 3.05) is 13.1 Å². The molecule has 1 aliphatic rings. The lowest BCUT2D eigenvalue weighted by molar-refractivity contribution is 0.296. The number of rotatable bonds is 6. The summed E-state index contributed by atoms with van der Waals surface area (Å²) < 4.78 is 0. The summed E-state index contributed by atoms with van der Waals surface area (Å²) in [4.78, 5) is 2.44. The van der Waals surface area contributed by atoms with Gasteiger partial charge in [-0.25, -0.2) is 0 Å². The topological polar surface area (TPSA) is 29.3 Å². The van der Waals surface area contributed by atoms with E-state index in [1.54, 1.807) is 0 Å². The Hall–Kier alpha value is -0.860. The number of hydrogen-bond acceptors (Lipinski definition) is 2. The van der Waals surface area contributed by atoms with Gasteiger partial charge < -0.3 is 5.73 Å². The number of nitrogens with two attached hydrogens (primary N) is 1. The van der Waals surface area contributed by atoms with Crippen LogP contribution in [0.1, 0.15) is 44.7 Å². The highest BCUT2D eigenvalue weighted by atomic mass is 15.1. The summed E-state index contributed by atoms with van der Waals surface area (Å²) in [6.45, 7) is 9.85. The maximum absolute atomic E-state index is 6.12. The van der Waals surface area contributed by atoms with Crippen LogP contribution >= 0.6 is 0 Å². The average molecular weight is 246 g/mol. The first-order valence-corrected chi connectivity index (χ1v) is 7.19. The molecule has 0 aromatic heterocycles. The van der Waals surface area contributed by atoms with Crippen LogP contribution < -0.4 is 5.73 Å². The predicted molar refractivity (Wildman–Crippen MR) is 77.6 cm³/mol. The van der Waals surface area contributed by atoms with E-state index in [0.717, 1.165) is 19.6 Å². The summed E-state index contributed by atoms with van der Waals surface area (Å²) in [7, 11) is 0. The molecular weight excluding hydrogens is 220 g/mol. The Labute approximate surface area is 111 Å². The highest BCUT2D eigenvalue weighted by Gasteiger charge is 2.47. The van der Waals surface area contributed by atoms with Crippen LogP contribution in [-0.2, 0) is 12.0 Å². The van der Waals surface area contributed by atoms with Gasteiger partial charge in [0.25, 0.3) is 0 Å². The third-order valence-corrected chi connectivity index (χ3v) is 4.49. The van der Waals surface area contributed by atoms with Gasteiger partial charge in [0.05, 0.1) is 0 Å². The quantitative estimate of drug-likeness (QED) is 0.836. The highest BCUT2D eigenvalue weighted by molar-refractivity contribution is 5.35. The molecule has 2 nitrogen and oxygen atoms in total. The molecule has 1 saturated carbocycles. The SMILES string of the molecule is CCN(CC)Cc1ccc(C2(C(C)N)CC2)cc1. The Morgan fingerprint density at radius 2 is 1.72 bits per heavy atom. The summed E-state index contributed by atoms with van der Waals surface area (Å²) in [5.74, 6) is 0. The highest BCUT2D eigenvalue weighted by Crippen LogP contribution is 2.50. The van der Waals surface area contributed by atoms with E-state index in [0.29, 0.717) is 0 Å². The molecule has 0 spiro atoms. The summed E-state index contributed by atoms with van der Waals surface area (Å²) in [6.07, 6.45) is 2.50. The Morgan fingerprint density at radius 3 is 2.11 bits per heavy atom. The first kappa shape index (κ1) is 13.6. The molecule has 1 fully saturated rings. The molecule has 1 unspecified atom stereocenters. The lowest BCUT2D eigenvalue weighted by Crippen LogP contribution is -2.31. The van der Waals surface area contributed by atoms with Crippen LogP contribution in [-0.4, -0.2) is 24.0 Å². The Morgan fingerprint density at radius 1 is 1.17 bits per heavy atom. The van der Waals surface area contributed by atoms with Crippen LogP contribution in [0.5, 0.6) is 0 Å². The minimum absolute atomic E-state index is 0.270. The van der Waals surface area contributed by atoms with Gasteiger partial charge >= 0.3 is 0 Å². The fourth-order valence-corrected chi connectivity index (χ4v) is 2.79. The normalized spacial score (nSPS) is 18.9. The molecule has 2 rings (SSSR count). The largest absolute Gasteiger partial charge is 0.327 e. The lowest BCUT2D eigenvalue weighted by atomic mass is 9.89. The van der Waals surface area contributed by atoms with Crippen LogP contribution in [0.2, 0.25) is 0 Å². The van der Waals surface area contributed by atoms with Crippen LogP contribution in [0.15, 0.2) is 24.3 Å². The first-order valence-electron chi connectivity index (χ1n) is 7.19. The molecule has 100 valence electrons. The molecule has 0 bridgehead atoms. The Bertz CT molecular complexity index is 373. The molecule has 0 saturated heterocycles. The Balaban J connectivity index is 2.06. The smallest absolute Gasteiger partial charge is 0.0233 e. The minimum atomic E-state index is 0.270. The second-order valence-electron chi connectivity index (χ2n) is 5.60. The second kappa shape index (κ2) is 5.41. The molecule has 0 aliphatic heterocycles. The van der Waals surface area contributed by atoms with Crippen molar-refractivity contribution in [3.05, 3.63) is 35.4 Å². The Kier molecular flexibility index (Phi) is 4.08. The third-order valence-electron chi connectivity index (χ3n) is 4.49. The average Bonchev–Trinajstić information content (AvgIpc) is 3.18. The molecule has 1 aliphatic carbocycles. The molecule has 1 atom stereocenters. The van der Waals surface area contributed by atoms with Crippen LogP contribution in [0.25, 0.3) is 0 Å². The van der Waals surface area contributed by atoms with Crippen molar-refractivity contribution in [2.24, 2.45) is 5.73 Å². The fraction of sp³-hybridized carbons (Fsp3) is 0.625. The minimum Gasteiger partial charge on any atom is -0.327 e. The van der Waals surface area contributed by atoms with Crippen molar-refractivity contribution >= 4 is 0 Å². The molecule has 2 heteroatoms. The number of nitrogens with zero attached hydrogens (tertiary/aromatic N) is 1. The molecule has 1 aromatic rings. The summed E-state index contributed by atoms with van der Waals surface area (Å²) in [5.41, 5.74) is 9.24. The van der Waals surface area contributed by atoms with Crippen LogP contribution in [0, 0.1) is 0 Å². The second-order valence-corrected chi connectivity index (χ2v) is 5.60. The van der Waals surface area contributed by atoms with E-state index in [1.165, 1.54) is 24.0 Å². The van der Waals surface area contributed by atoms with Gasteiger partial charge in [-0.1, -0.05) is 38.1 Å². The van der Waals surface area contributed by atoms with E-state index in [2.05, 4.69) is 49.9 Å². The molecule has 18 heavy (non-hydrogen) atoms. The van der Waals surface area contributed by atoms with E-state index >= 15 is 0 Å². The van der Waals surface area contributed by atoms with E-state index in [-0.39, 0.29) is 11.5 Å². The van der Waals surface area contributed by atoms with Crippen molar-refractivity contribution in [3.63, 3.8) is 0 Å². The van der Waals surface area contributed by atoms with Gasteiger partial charge in [0, 0.05) is 18.0 Å². The van der Waals surface area contributed by atoms with Crippen molar-refractivity contribution in [3.8, 4) is 0 Å². The molecule has 0 heterocycles. The first-order chi connectivity index (χ1) is 8.62. The van der Waals surface area contributed by atoms with Gasteiger partial charge in [-0.2, -0.15) is 0 Å². The van der Waals surface area contributed by atoms with E-state index in [4.69, 9.17) is 5.73 Å². The lowest BCUT2D eigenvalue weighted by Gasteiger charge is -2.21. The number of benzene rings is 1. The summed E-state index contributed by atoms with van der Waals surface area (Å²) >= 11 is 0. The zero-order chi connectivity index (χ0) is 13.2. The van der Waals surface area contributed by atoms with Crippen molar-refractivity contribution < 1.29 is 0 Å². The molecule has 2 N–H and O–H groups in total. The van der Waals surface area contributed by atoms with Crippen molar-refractivity contribution in [1.82, 2.24) is 4.90 Å². The summed E-state index contributed by atoms with van der Waals surface area (Å²) in [5, 5.41) is 0. The zero-order valence-corrected chi connectivity index (χ0v) is 11.9. The fourth-order valence-electron chi connectivity index (χ4n) is 2.79. The van der Waals surface area contributed by atoms with Gasteiger partial charge in [0.15, 0.2) is 0 Å². The van der Waals surface area contributed by atoms with Crippen molar-refractivity contribution in [2.45, 2.75) is 51.6 Å². The maximum Gasteiger partial charge on any atom is 0.0233 e. The predicted octanol–water partition coefficient (Wildman–Crippen LogP) is 2.91. The van der Waals surface area contributed by atoms with Gasteiger partial charge in [-0.05, 0) is 44.0 Å². The van der Waals surface area contributed by atoms with E-state index in [1.807, 2.05) is 0 Å². The summed E-state index contributed by atoms with van der Waals surface area (Å²) in [6, 6.07) is 9.39. The van der Waals surface area contributed by atoms with Gasteiger partial charge in [-0.3, -0.25) is 4.90 Å². The van der Waals surface area contributed by atoms with Gasteiger partial charge in [0.2, 0.25) is 0 Å². The monoisotopic (exact) mass is 246 g/mol. The van der Waals surface area contributed by atoms with E-state index < -0.39 is 0 Å². The van der Waals surface area contributed by atoms with Crippen LogP contribution in [0.4, 0.5) is 0 Å². The maximum atomic E-state index is 6.12. The molecular formula is C16H26N2. The zero-order valence-electron chi connectivity index (χ0n) is 11.9. The molecule has 1 aromatic carbocycles. The van der Waals surface area contributed by atoms with Crippen molar-refractivity contribution in [1.29, 1.82) is 0 Å². The van der Waals surface area contributed by atoms with Gasteiger partial charge in [-0.15, -0.1) is 0 Å².